The van der Waals surface area contributed by atoms with E-state index in [1.807, 2.05) is 0 Å². The van der Waals surface area contributed by atoms with E-state index in [1.54, 1.807) is 0 Å². The molecule has 0 heterocycles. The van der Waals surface area contributed by atoms with Gasteiger partial charge in [-0.1, -0.05) is 187 Å². The highest BCUT2D eigenvalue weighted by Crippen LogP contribution is 2.14. The molecule has 0 saturated carbocycles. The Bertz CT molecular complexity index is 794. The van der Waals surface area contributed by atoms with Gasteiger partial charge in [-0.25, -0.2) is 0 Å². The molecule has 300 valence electrons. The molecule has 1 unspecified atom stereocenters. The second-order valence-electron chi connectivity index (χ2n) is 15.0. The first-order valence-electron chi connectivity index (χ1n) is 22.2. The Hall–Kier alpha value is -1.85. The number of hydrogen-bond acceptors (Lipinski definition) is 6. The summed E-state index contributed by atoms with van der Waals surface area (Å²) in [5, 5.41) is 0. The summed E-state index contributed by atoms with van der Waals surface area (Å²) < 4.78 is 16.6. The van der Waals surface area contributed by atoms with Gasteiger partial charge in [-0.05, 0) is 44.9 Å². The summed E-state index contributed by atoms with van der Waals surface area (Å²) in [6, 6.07) is 0. The van der Waals surface area contributed by atoms with Crippen molar-refractivity contribution in [2.45, 2.75) is 245 Å². The summed E-state index contributed by atoms with van der Waals surface area (Å²) in [5.74, 6) is -0.885. The molecule has 0 aromatic rings. The average molecular weight is 721 g/mol. The lowest BCUT2D eigenvalue weighted by atomic mass is 10.1. The van der Waals surface area contributed by atoms with E-state index in [4.69, 9.17) is 14.2 Å². The first kappa shape index (κ1) is 49.1. The van der Waals surface area contributed by atoms with E-state index in [0.29, 0.717) is 19.3 Å². The van der Waals surface area contributed by atoms with Gasteiger partial charge >= 0.3 is 17.9 Å². The minimum absolute atomic E-state index is 0.0708. The number of carbonyl (C=O) groups is 3. The molecular weight excluding hydrogens is 636 g/mol. The van der Waals surface area contributed by atoms with Gasteiger partial charge in [0, 0.05) is 19.3 Å². The van der Waals surface area contributed by atoms with E-state index in [-0.39, 0.29) is 31.1 Å². The Balaban J connectivity index is 4.35. The predicted molar refractivity (Wildman–Crippen MR) is 215 cm³/mol. The topological polar surface area (TPSA) is 78.9 Å². The highest BCUT2D eigenvalue weighted by Gasteiger charge is 2.19. The van der Waals surface area contributed by atoms with E-state index in [2.05, 4.69) is 32.9 Å². The Morgan fingerprint density at radius 2 is 0.647 bits per heavy atom. The quantitative estimate of drug-likeness (QED) is 0.0271. The van der Waals surface area contributed by atoms with Crippen LogP contribution in [0.1, 0.15) is 239 Å². The smallest absolute Gasteiger partial charge is 0.306 e. The molecule has 1 atom stereocenters. The summed E-state index contributed by atoms with van der Waals surface area (Å²) in [5.41, 5.74) is 0. The Morgan fingerprint density at radius 1 is 0.373 bits per heavy atom. The zero-order chi connectivity index (χ0) is 37.3. The fourth-order valence-corrected chi connectivity index (χ4v) is 6.38. The number of ether oxygens (including phenoxy) is 3. The van der Waals surface area contributed by atoms with Gasteiger partial charge in [0.1, 0.15) is 13.2 Å². The van der Waals surface area contributed by atoms with E-state index < -0.39 is 6.10 Å². The van der Waals surface area contributed by atoms with E-state index in [9.17, 15) is 14.4 Å². The average Bonchev–Trinajstić information content (AvgIpc) is 3.12. The molecule has 6 heteroatoms. The van der Waals surface area contributed by atoms with E-state index >= 15 is 0 Å². The molecule has 51 heavy (non-hydrogen) atoms. The second kappa shape index (κ2) is 40.9. The molecule has 0 rings (SSSR count). The maximum Gasteiger partial charge on any atom is 0.306 e. The lowest BCUT2D eigenvalue weighted by Gasteiger charge is -2.18. The van der Waals surface area contributed by atoms with Crippen molar-refractivity contribution >= 4 is 17.9 Å². The molecule has 6 nitrogen and oxygen atoms in total. The molecule has 0 spiro atoms. The SMILES string of the molecule is CCCCCCCC/C=C\CCCCCC(=O)OCC(COC(=O)CCCCCCCCCCC)OC(=O)CCCCCCCCCCCCC. The third kappa shape index (κ3) is 39.2. The van der Waals surface area contributed by atoms with Crippen LogP contribution in [0.5, 0.6) is 0 Å². The Morgan fingerprint density at radius 3 is 1.00 bits per heavy atom. The highest BCUT2D eigenvalue weighted by atomic mass is 16.6. The van der Waals surface area contributed by atoms with Crippen molar-refractivity contribution in [3.05, 3.63) is 12.2 Å². The van der Waals surface area contributed by atoms with Gasteiger partial charge in [-0.3, -0.25) is 14.4 Å². The summed E-state index contributed by atoms with van der Waals surface area (Å²) in [6.45, 7) is 6.59. The van der Waals surface area contributed by atoms with Crippen LogP contribution in [0.25, 0.3) is 0 Å². The molecular formula is C45H84O6. The maximum atomic E-state index is 12.7. The molecule has 0 aliphatic rings. The van der Waals surface area contributed by atoms with Crippen LogP contribution >= 0.6 is 0 Å². The fraction of sp³-hybridized carbons (Fsp3) is 0.889. The van der Waals surface area contributed by atoms with Crippen LogP contribution < -0.4 is 0 Å². The zero-order valence-electron chi connectivity index (χ0n) is 34.1. The maximum absolute atomic E-state index is 12.7. The first-order valence-corrected chi connectivity index (χ1v) is 22.2. The van der Waals surface area contributed by atoms with Crippen LogP contribution in [-0.2, 0) is 28.6 Å². The van der Waals surface area contributed by atoms with Gasteiger partial charge in [-0.15, -0.1) is 0 Å². The van der Waals surface area contributed by atoms with Crippen LogP contribution in [0, 0.1) is 0 Å². The van der Waals surface area contributed by atoms with Gasteiger partial charge in [-0.2, -0.15) is 0 Å². The number of carbonyl (C=O) groups excluding carboxylic acids is 3. The molecule has 0 fully saturated rings. The Labute approximate surface area is 316 Å². The summed E-state index contributed by atoms with van der Waals surface area (Å²) in [6.07, 6.45) is 41.9. The van der Waals surface area contributed by atoms with Crippen LogP contribution in [0.4, 0.5) is 0 Å². The molecule has 0 N–H and O–H groups in total. The normalized spacial score (nSPS) is 12.0. The van der Waals surface area contributed by atoms with Crippen molar-refractivity contribution in [1.82, 2.24) is 0 Å². The van der Waals surface area contributed by atoms with Gasteiger partial charge in [0.05, 0.1) is 0 Å². The third-order valence-corrected chi connectivity index (χ3v) is 9.77. The van der Waals surface area contributed by atoms with Crippen LogP contribution in [-0.4, -0.2) is 37.2 Å². The van der Waals surface area contributed by atoms with Crippen LogP contribution in [0.15, 0.2) is 12.2 Å². The van der Waals surface area contributed by atoms with Crippen molar-refractivity contribution in [2.75, 3.05) is 13.2 Å². The minimum atomic E-state index is -0.766. The van der Waals surface area contributed by atoms with Crippen molar-refractivity contribution in [3.63, 3.8) is 0 Å². The van der Waals surface area contributed by atoms with Crippen LogP contribution in [0.2, 0.25) is 0 Å². The number of allylic oxidation sites excluding steroid dienone is 2. The molecule has 0 radical (unpaired) electrons. The van der Waals surface area contributed by atoms with Crippen LogP contribution in [0.3, 0.4) is 0 Å². The third-order valence-electron chi connectivity index (χ3n) is 9.77. The number of unbranched alkanes of at least 4 members (excludes halogenated alkanes) is 27. The number of esters is 3. The molecule has 0 saturated heterocycles. The first-order chi connectivity index (χ1) is 25.0. The molecule has 0 bridgehead atoms. The van der Waals surface area contributed by atoms with Crippen molar-refractivity contribution in [1.29, 1.82) is 0 Å². The van der Waals surface area contributed by atoms with E-state index in [0.717, 1.165) is 70.6 Å². The van der Waals surface area contributed by atoms with Crippen molar-refractivity contribution in [3.8, 4) is 0 Å². The minimum Gasteiger partial charge on any atom is -0.462 e. The molecule has 0 aliphatic heterocycles. The number of rotatable bonds is 40. The van der Waals surface area contributed by atoms with Gasteiger partial charge in [0.2, 0.25) is 0 Å². The molecule has 0 aromatic heterocycles. The standard InChI is InChI=1S/C45H84O6/c1-4-7-10-13-16-19-21-22-24-26-29-32-35-38-44(47)50-41-42(40-49-43(46)37-34-31-28-25-18-15-12-9-6-3)51-45(48)39-36-33-30-27-23-20-17-14-11-8-5-2/h22,24,42H,4-21,23,25-41H2,1-3H3/b24-22-. The molecule has 0 amide bonds. The Kier molecular flexibility index (Phi) is 39.4. The number of hydrogen-bond donors (Lipinski definition) is 0. The van der Waals surface area contributed by atoms with Crippen molar-refractivity contribution < 1.29 is 28.6 Å². The summed E-state index contributed by atoms with van der Waals surface area (Å²) in [4.78, 5) is 37.6. The highest BCUT2D eigenvalue weighted by molar-refractivity contribution is 5.71. The molecule has 0 aliphatic carbocycles. The lowest BCUT2D eigenvalue weighted by molar-refractivity contribution is -0.167. The predicted octanol–water partition coefficient (Wildman–Crippen LogP) is 13.9. The molecule has 0 aromatic carbocycles. The van der Waals surface area contributed by atoms with Gasteiger partial charge < -0.3 is 14.2 Å². The second-order valence-corrected chi connectivity index (χ2v) is 15.0. The summed E-state index contributed by atoms with van der Waals surface area (Å²) >= 11 is 0. The van der Waals surface area contributed by atoms with Gasteiger partial charge in [0.15, 0.2) is 6.10 Å². The van der Waals surface area contributed by atoms with E-state index in [1.165, 1.54) is 128 Å². The largest absolute Gasteiger partial charge is 0.462 e. The van der Waals surface area contributed by atoms with Gasteiger partial charge in [0.25, 0.3) is 0 Å². The van der Waals surface area contributed by atoms with Crippen molar-refractivity contribution in [2.24, 2.45) is 0 Å². The fourth-order valence-electron chi connectivity index (χ4n) is 6.38. The monoisotopic (exact) mass is 721 g/mol. The zero-order valence-corrected chi connectivity index (χ0v) is 34.1. The lowest BCUT2D eigenvalue weighted by Crippen LogP contribution is -2.30. The summed E-state index contributed by atoms with van der Waals surface area (Å²) in [7, 11) is 0.